The Labute approximate surface area is 178 Å². The van der Waals surface area contributed by atoms with Crippen molar-refractivity contribution in [3.63, 3.8) is 0 Å². The fourth-order valence-corrected chi connectivity index (χ4v) is 3.90. The van der Waals surface area contributed by atoms with E-state index in [4.69, 9.17) is 9.47 Å². The van der Waals surface area contributed by atoms with Gasteiger partial charge in [-0.25, -0.2) is 9.59 Å². The molecule has 6 heteroatoms. The number of carbonyl (C=O) groups is 2. The van der Waals surface area contributed by atoms with E-state index in [9.17, 15) is 9.59 Å². The maximum Gasteiger partial charge on any atom is 0.407 e. The van der Waals surface area contributed by atoms with Crippen LogP contribution in [0, 0.1) is 0 Å². The Bertz CT molecular complexity index is 829. The molecular weight excluding hydrogens is 469 g/mol. The van der Waals surface area contributed by atoms with Crippen LogP contribution in [0.2, 0.25) is 0 Å². The van der Waals surface area contributed by atoms with E-state index in [1.807, 2.05) is 46.9 Å². The molecule has 0 heterocycles. The molecule has 3 rings (SSSR count). The minimum absolute atomic E-state index is 0.0160. The molecule has 5 nitrogen and oxygen atoms in total. The number of benzene rings is 2. The van der Waals surface area contributed by atoms with E-state index in [1.165, 1.54) is 11.1 Å². The van der Waals surface area contributed by atoms with E-state index in [2.05, 4.69) is 29.6 Å². The van der Waals surface area contributed by atoms with Gasteiger partial charge in [0.05, 0.1) is 0 Å². The first-order chi connectivity index (χ1) is 13.3. The van der Waals surface area contributed by atoms with Gasteiger partial charge >= 0.3 is 12.1 Å². The van der Waals surface area contributed by atoms with Gasteiger partial charge in [0, 0.05) is 10.3 Å². The molecule has 1 atom stereocenters. The van der Waals surface area contributed by atoms with Crippen molar-refractivity contribution >= 4 is 34.7 Å². The van der Waals surface area contributed by atoms with E-state index in [-0.39, 0.29) is 12.5 Å². The lowest BCUT2D eigenvalue weighted by Gasteiger charge is -2.23. The third kappa shape index (κ3) is 4.66. The van der Waals surface area contributed by atoms with Gasteiger partial charge in [-0.2, -0.15) is 0 Å². The molecular formula is C22H24INO4. The number of esters is 1. The zero-order valence-electron chi connectivity index (χ0n) is 16.2. The molecule has 148 valence electrons. The summed E-state index contributed by atoms with van der Waals surface area (Å²) in [5.74, 6) is -0.479. The summed E-state index contributed by atoms with van der Waals surface area (Å²) in [5, 5.41) is 2.62. The van der Waals surface area contributed by atoms with Crippen LogP contribution >= 0.6 is 22.6 Å². The topological polar surface area (TPSA) is 64.6 Å². The minimum atomic E-state index is -0.740. The molecule has 1 aliphatic rings. The minimum Gasteiger partial charge on any atom is -0.458 e. The van der Waals surface area contributed by atoms with Crippen molar-refractivity contribution in [1.82, 2.24) is 5.32 Å². The van der Waals surface area contributed by atoms with Crippen LogP contribution in [-0.2, 0) is 14.3 Å². The first kappa shape index (κ1) is 20.6. The second kappa shape index (κ2) is 8.51. The van der Waals surface area contributed by atoms with Crippen molar-refractivity contribution in [3.05, 3.63) is 59.7 Å². The van der Waals surface area contributed by atoms with Crippen LogP contribution in [0.5, 0.6) is 0 Å². The van der Waals surface area contributed by atoms with Crippen LogP contribution in [0.1, 0.15) is 37.8 Å². The maximum atomic E-state index is 12.3. The smallest absolute Gasteiger partial charge is 0.407 e. The number of amides is 1. The number of rotatable bonds is 5. The summed E-state index contributed by atoms with van der Waals surface area (Å²) in [6.07, 6.45) is -0.616. The van der Waals surface area contributed by atoms with Crippen LogP contribution < -0.4 is 5.32 Å². The summed E-state index contributed by atoms with van der Waals surface area (Å²) in [6, 6.07) is 15.6. The highest BCUT2D eigenvalue weighted by Gasteiger charge is 2.30. The van der Waals surface area contributed by atoms with E-state index in [0.29, 0.717) is 4.43 Å². The normalized spacial score (nSPS) is 14.0. The monoisotopic (exact) mass is 493 g/mol. The molecule has 0 saturated heterocycles. The van der Waals surface area contributed by atoms with Crippen molar-refractivity contribution in [1.29, 1.82) is 0 Å². The molecule has 0 aromatic heterocycles. The fourth-order valence-electron chi connectivity index (χ4n) is 3.32. The van der Waals surface area contributed by atoms with E-state index >= 15 is 0 Å². The molecule has 2 aromatic rings. The zero-order chi connectivity index (χ0) is 20.3. The first-order valence-electron chi connectivity index (χ1n) is 9.20. The summed E-state index contributed by atoms with van der Waals surface area (Å²) in [6.45, 7) is 5.59. The lowest BCUT2D eigenvalue weighted by Crippen LogP contribution is -2.45. The van der Waals surface area contributed by atoms with Crippen LogP contribution in [-0.4, -0.2) is 34.7 Å². The Morgan fingerprint density at radius 2 is 1.57 bits per heavy atom. The van der Waals surface area contributed by atoms with Gasteiger partial charge in [0.1, 0.15) is 18.2 Å². The number of halogens is 1. The number of fused-ring (bicyclic) bond motifs is 3. The van der Waals surface area contributed by atoms with Gasteiger partial charge in [-0.05, 0) is 43.0 Å². The Hall–Kier alpha value is -2.09. The van der Waals surface area contributed by atoms with Crippen LogP contribution in [0.15, 0.2) is 48.5 Å². The molecule has 0 spiro atoms. The van der Waals surface area contributed by atoms with Crippen LogP contribution in [0.3, 0.4) is 0 Å². The zero-order valence-corrected chi connectivity index (χ0v) is 18.4. The molecule has 0 aliphatic heterocycles. The maximum absolute atomic E-state index is 12.3. The number of hydrogen-bond acceptors (Lipinski definition) is 4. The van der Waals surface area contributed by atoms with Crippen molar-refractivity contribution in [2.24, 2.45) is 0 Å². The molecule has 0 saturated carbocycles. The van der Waals surface area contributed by atoms with Gasteiger partial charge in [-0.3, -0.25) is 0 Å². The lowest BCUT2D eigenvalue weighted by molar-refractivity contribution is -0.156. The number of hydrogen-bond donors (Lipinski definition) is 1. The molecule has 1 N–H and O–H groups in total. The Balaban J connectivity index is 1.65. The highest BCUT2D eigenvalue weighted by Crippen LogP contribution is 2.44. The first-order valence-corrected chi connectivity index (χ1v) is 10.7. The van der Waals surface area contributed by atoms with Crippen molar-refractivity contribution in [3.8, 4) is 11.1 Å². The molecule has 2 aromatic carbocycles. The predicted molar refractivity (Wildman–Crippen MR) is 117 cm³/mol. The summed E-state index contributed by atoms with van der Waals surface area (Å²) in [7, 11) is 0. The summed E-state index contributed by atoms with van der Waals surface area (Å²) >= 11 is 2.05. The van der Waals surface area contributed by atoms with Crippen LogP contribution in [0.4, 0.5) is 4.79 Å². The molecule has 1 amide bonds. The second-order valence-corrected chi connectivity index (χ2v) is 8.59. The average molecular weight is 493 g/mol. The van der Waals surface area contributed by atoms with Crippen molar-refractivity contribution in [2.75, 3.05) is 11.0 Å². The second-order valence-electron chi connectivity index (χ2n) is 7.71. The molecule has 0 unspecified atom stereocenters. The summed E-state index contributed by atoms with van der Waals surface area (Å²) < 4.78 is 11.2. The molecule has 28 heavy (non-hydrogen) atoms. The van der Waals surface area contributed by atoms with Gasteiger partial charge in [0.25, 0.3) is 0 Å². The number of alkyl halides is 1. The number of ether oxygens (including phenoxy) is 2. The largest absolute Gasteiger partial charge is 0.458 e. The molecule has 0 fully saturated rings. The highest BCUT2D eigenvalue weighted by molar-refractivity contribution is 14.1. The van der Waals surface area contributed by atoms with Gasteiger partial charge < -0.3 is 14.8 Å². The van der Waals surface area contributed by atoms with Gasteiger partial charge in [0.15, 0.2) is 0 Å². The third-order valence-electron chi connectivity index (χ3n) is 4.48. The number of carbonyl (C=O) groups excluding carboxylic acids is 2. The lowest BCUT2D eigenvalue weighted by atomic mass is 9.98. The SMILES string of the molecule is CC(C)(C)OC(=O)[C@H](CI)NC(=O)OCC1c2ccccc2-c2ccccc21. The predicted octanol–water partition coefficient (Wildman–Crippen LogP) is 4.67. The van der Waals surface area contributed by atoms with E-state index in [0.717, 1.165) is 11.1 Å². The van der Waals surface area contributed by atoms with Crippen molar-refractivity contribution in [2.45, 2.75) is 38.3 Å². The summed E-state index contributed by atoms with van der Waals surface area (Å²) in [5.41, 5.74) is 4.03. The van der Waals surface area contributed by atoms with Gasteiger partial charge in [0.2, 0.25) is 0 Å². The van der Waals surface area contributed by atoms with E-state index < -0.39 is 23.7 Å². The van der Waals surface area contributed by atoms with Crippen molar-refractivity contribution < 1.29 is 19.1 Å². The Morgan fingerprint density at radius 1 is 1.04 bits per heavy atom. The third-order valence-corrected chi connectivity index (χ3v) is 5.36. The fraction of sp³-hybridized carbons (Fsp3) is 0.364. The molecule has 0 radical (unpaired) electrons. The van der Waals surface area contributed by atoms with Gasteiger partial charge in [-0.1, -0.05) is 71.1 Å². The Kier molecular flexibility index (Phi) is 6.27. The summed E-state index contributed by atoms with van der Waals surface area (Å²) in [4.78, 5) is 24.5. The molecule has 0 bridgehead atoms. The standard InChI is InChI=1S/C22H24INO4/c1-22(2,3)28-20(25)19(12-23)24-21(26)27-13-18-16-10-6-4-8-14(16)15-9-5-7-11-17(15)18/h4-11,18-19H,12-13H2,1-3H3,(H,24,26)/t19-/m0/s1. The number of nitrogens with one attached hydrogen (secondary N) is 1. The number of alkyl carbamates (subject to hydrolysis) is 1. The van der Waals surface area contributed by atoms with Gasteiger partial charge in [-0.15, -0.1) is 0 Å². The van der Waals surface area contributed by atoms with Crippen LogP contribution in [0.25, 0.3) is 11.1 Å². The average Bonchev–Trinajstić information content (AvgIpc) is 2.97. The van der Waals surface area contributed by atoms with E-state index in [1.54, 1.807) is 20.8 Å². The molecule has 1 aliphatic carbocycles. The quantitative estimate of drug-likeness (QED) is 0.374. The Morgan fingerprint density at radius 3 is 2.07 bits per heavy atom. The highest BCUT2D eigenvalue weighted by atomic mass is 127.